The van der Waals surface area contributed by atoms with Crippen LogP contribution in [0.25, 0.3) is 0 Å². The summed E-state index contributed by atoms with van der Waals surface area (Å²) in [6.45, 7) is 1.68. The third-order valence-corrected chi connectivity index (χ3v) is 4.41. The first-order valence-electron chi connectivity index (χ1n) is 7.03. The average Bonchev–Trinajstić information content (AvgIpc) is 2.46. The zero-order chi connectivity index (χ0) is 16.3. The minimum Gasteiger partial charge on any atom is -0.390 e. The van der Waals surface area contributed by atoms with Crippen molar-refractivity contribution >= 4 is 12.2 Å². The van der Waals surface area contributed by atoms with Gasteiger partial charge in [-0.3, -0.25) is 10.4 Å². The molecular weight excluding hydrogens is 268 g/mol. The summed E-state index contributed by atoms with van der Waals surface area (Å²) in [6.07, 6.45) is 8.15. The van der Waals surface area contributed by atoms with Crippen LogP contribution in [0.1, 0.15) is 26.2 Å². The van der Waals surface area contributed by atoms with Gasteiger partial charge in [-0.2, -0.15) is 0 Å². The molecule has 3 unspecified atom stereocenters. The number of nitrogens with two attached hydrogens (primary N) is 6. The van der Waals surface area contributed by atoms with Gasteiger partial charge in [-0.25, -0.2) is 0 Å². The molecule has 1 rings (SSSR count). The van der Waals surface area contributed by atoms with Crippen LogP contribution >= 0.6 is 0 Å². The molecule has 13 N–H and O–H groups in total. The fourth-order valence-electron chi connectivity index (χ4n) is 2.76. The first-order valence-corrected chi connectivity index (χ1v) is 7.03. The highest BCUT2D eigenvalue weighted by Crippen LogP contribution is 2.31. The Morgan fingerprint density at radius 3 is 2.48 bits per heavy atom. The molecule has 0 fully saturated rings. The highest BCUT2D eigenvalue weighted by Gasteiger charge is 2.53. The summed E-state index contributed by atoms with van der Waals surface area (Å²) in [5, 5.41) is 7.55. The van der Waals surface area contributed by atoms with Crippen molar-refractivity contribution in [3.05, 3.63) is 12.2 Å². The lowest BCUT2D eigenvalue weighted by Crippen LogP contribution is -2.79. The second-order valence-corrected chi connectivity index (χ2v) is 5.87. The van der Waals surface area contributed by atoms with Gasteiger partial charge in [0.15, 0.2) is 5.66 Å². The summed E-state index contributed by atoms with van der Waals surface area (Å²) in [5.74, 6) is -0.241. The largest absolute Gasteiger partial charge is 0.390 e. The van der Waals surface area contributed by atoms with Crippen molar-refractivity contribution in [2.75, 3.05) is 0 Å². The number of hydrogen-bond acceptors (Lipinski definition) is 6. The molecule has 0 heterocycles. The normalized spacial score (nSPS) is 27.8. The second kappa shape index (κ2) is 6.52. The quantitative estimate of drug-likeness (QED) is 0.173. The molecule has 1 aliphatic carbocycles. The van der Waals surface area contributed by atoms with Crippen molar-refractivity contribution in [1.82, 2.24) is 0 Å². The fraction of sp³-hybridized carbons (Fsp3) is 0.692. The van der Waals surface area contributed by atoms with Crippen molar-refractivity contribution in [3.8, 4) is 0 Å². The minimum absolute atomic E-state index is 0.0730. The molecule has 0 saturated carbocycles. The maximum atomic E-state index is 7.55. The maximum Gasteiger partial charge on any atom is 0.151 e. The molecule has 0 aromatic carbocycles. The van der Waals surface area contributed by atoms with Crippen molar-refractivity contribution in [2.45, 2.75) is 49.5 Å². The van der Waals surface area contributed by atoms with Crippen LogP contribution in [0.4, 0.5) is 0 Å². The molecule has 0 saturated heterocycles. The van der Waals surface area contributed by atoms with Gasteiger partial charge < -0.3 is 34.4 Å². The lowest BCUT2D eigenvalue weighted by Gasteiger charge is -2.48. The second-order valence-electron chi connectivity index (χ2n) is 5.87. The molecule has 0 amide bonds. The molecule has 21 heavy (non-hydrogen) atoms. The molecule has 0 aliphatic heterocycles. The van der Waals surface area contributed by atoms with Crippen molar-refractivity contribution in [1.29, 1.82) is 5.41 Å². The van der Waals surface area contributed by atoms with Gasteiger partial charge in [-0.15, -0.1) is 0 Å². The van der Waals surface area contributed by atoms with E-state index in [2.05, 4.69) is 11.1 Å². The number of hydrogen-bond donors (Lipinski definition) is 7. The Morgan fingerprint density at radius 2 is 2.05 bits per heavy atom. The third kappa shape index (κ3) is 3.24. The zero-order valence-corrected chi connectivity index (χ0v) is 12.5. The Bertz CT molecular complexity index is 430. The number of nitrogens with zero attached hydrogens (tertiary/aromatic N) is 1. The minimum atomic E-state index is -1.56. The maximum absolute atomic E-state index is 7.55. The number of nitrogens with one attached hydrogen (secondary N) is 1. The van der Waals surface area contributed by atoms with Crippen LogP contribution < -0.4 is 34.4 Å². The molecular formula is C13H28N8. The Hall–Kier alpha value is -1.48. The third-order valence-electron chi connectivity index (χ3n) is 4.41. The lowest BCUT2D eigenvalue weighted by atomic mass is 9.70. The van der Waals surface area contributed by atoms with Crippen molar-refractivity contribution in [2.24, 2.45) is 45.3 Å². The standard InChI is InChI=1S/C13H28N8/c1-12(19,9(15)8-5-3-2-4-6-8)13(20,21-7-14)10(16)11(17)18/h3,5,7-10H,2,4,6,15-16,19-20H2,1H3,(H2,14,21)(H3,17,18)/t8?,9?,10?,12-,13+/m0/s1. The number of amidine groups is 1. The van der Waals surface area contributed by atoms with E-state index in [9.17, 15) is 0 Å². The Morgan fingerprint density at radius 1 is 1.43 bits per heavy atom. The van der Waals surface area contributed by atoms with E-state index in [1.807, 2.05) is 6.08 Å². The molecule has 8 heteroatoms. The number of aliphatic imine (C=N–C) groups is 1. The van der Waals surface area contributed by atoms with Crippen LogP contribution in [-0.2, 0) is 0 Å². The van der Waals surface area contributed by atoms with Crippen LogP contribution in [0, 0.1) is 11.3 Å². The van der Waals surface area contributed by atoms with Crippen LogP contribution in [0.5, 0.6) is 0 Å². The molecule has 120 valence electrons. The number of rotatable bonds is 6. The predicted octanol–water partition coefficient (Wildman–Crippen LogP) is -1.71. The van der Waals surface area contributed by atoms with Crippen LogP contribution in [0.2, 0.25) is 0 Å². The van der Waals surface area contributed by atoms with Crippen LogP contribution in [0.3, 0.4) is 0 Å². The van der Waals surface area contributed by atoms with Crippen LogP contribution in [0.15, 0.2) is 17.1 Å². The smallest absolute Gasteiger partial charge is 0.151 e. The summed E-state index contributed by atoms with van der Waals surface area (Å²) in [5.41, 5.74) is 33.1. The van der Waals surface area contributed by atoms with Gasteiger partial charge in [0.1, 0.15) is 11.9 Å². The summed E-state index contributed by atoms with van der Waals surface area (Å²) in [4.78, 5) is 4.02. The topological polar surface area (TPSA) is 192 Å². The van der Waals surface area contributed by atoms with E-state index < -0.39 is 23.3 Å². The summed E-state index contributed by atoms with van der Waals surface area (Å²) in [6, 6.07) is -1.57. The predicted molar refractivity (Wildman–Crippen MR) is 86.5 cm³/mol. The first-order chi connectivity index (χ1) is 9.68. The van der Waals surface area contributed by atoms with Gasteiger partial charge in [-0.1, -0.05) is 12.2 Å². The highest BCUT2D eigenvalue weighted by atomic mass is 15.2. The van der Waals surface area contributed by atoms with E-state index >= 15 is 0 Å². The summed E-state index contributed by atoms with van der Waals surface area (Å²) < 4.78 is 0. The highest BCUT2D eigenvalue weighted by molar-refractivity contribution is 5.84. The van der Waals surface area contributed by atoms with Gasteiger partial charge in [-0.05, 0) is 32.1 Å². The SMILES string of the molecule is C[C@](N)(C(N)C1C=CCCC1)[C@](N)(N=CN)C(N)C(=N)N. The molecule has 0 radical (unpaired) electrons. The van der Waals surface area contributed by atoms with E-state index in [1.165, 1.54) is 0 Å². The molecule has 0 aromatic heterocycles. The Balaban J connectivity index is 3.17. The van der Waals surface area contributed by atoms with Crippen molar-refractivity contribution < 1.29 is 0 Å². The lowest BCUT2D eigenvalue weighted by molar-refractivity contribution is 0.167. The molecule has 8 nitrogen and oxygen atoms in total. The summed E-state index contributed by atoms with van der Waals surface area (Å²) in [7, 11) is 0. The van der Waals surface area contributed by atoms with E-state index in [4.69, 9.17) is 39.8 Å². The molecule has 0 aromatic rings. The Labute approximate surface area is 125 Å². The van der Waals surface area contributed by atoms with Crippen LogP contribution in [-0.4, -0.2) is 35.5 Å². The van der Waals surface area contributed by atoms with E-state index in [0.717, 1.165) is 25.6 Å². The van der Waals surface area contributed by atoms with Gasteiger partial charge >= 0.3 is 0 Å². The molecule has 0 spiro atoms. The first kappa shape index (κ1) is 17.6. The van der Waals surface area contributed by atoms with Gasteiger partial charge in [0.2, 0.25) is 0 Å². The van der Waals surface area contributed by atoms with Crippen molar-refractivity contribution in [3.63, 3.8) is 0 Å². The van der Waals surface area contributed by atoms with E-state index in [0.29, 0.717) is 0 Å². The van der Waals surface area contributed by atoms with E-state index in [-0.39, 0.29) is 11.8 Å². The van der Waals surface area contributed by atoms with E-state index in [1.54, 1.807) is 6.92 Å². The Kier molecular flexibility index (Phi) is 5.46. The van der Waals surface area contributed by atoms with Gasteiger partial charge in [0.25, 0.3) is 0 Å². The molecule has 0 bridgehead atoms. The monoisotopic (exact) mass is 296 g/mol. The number of allylic oxidation sites excluding steroid dienone is 1. The molecule has 1 aliphatic rings. The summed E-state index contributed by atoms with van der Waals surface area (Å²) >= 11 is 0. The van der Waals surface area contributed by atoms with Gasteiger partial charge in [0, 0.05) is 6.04 Å². The average molecular weight is 296 g/mol. The fourth-order valence-corrected chi connectivity index (χ4v) is 2.76. The van der Waals surface area contributed by atoms with Gasteiger partial charge in [0.05, 0.1) is 11.9 Å². The zero-order valence-electron chi connectivity index (χ0n) is 12.5. The molecule has 5 atom stereocenters.